The Morgan fingerprint density at radius 2 is 1.30 bits per heavy atom. The summed E-state index contributed by atoms with van der Waals surface area (Å²) >= 11 is 0. The molecule has 0 amide bonds. The van der Waals surface area contributed by atoms with Gasteiger partial charge in [-0.15, -0.1) is 0 Å². The molecule has 1 aliphatic heterocycles. The lowest BCUT2D eigenvalue weighted by atomic mass is 9.78. The molecular weight excluding hydrogens is 691 g/mol. The van der Waals surface area contributed by atoms with Crippen LogP contribution in [0.4, 0.5) is 28.4 Å². The summed E-state index contributed by atoms with van der Waals surface area (Å²) in [7, 11) is 0. The normalized spacial score (nSPS) is 18.0. The highest BCUT2D eigenvalue weighted by Crippen LogP contribution is 2.47. The summed E-state index contributed by atoms with van der Waals surface area (Å²) in [6.07, 6.45) is 12.9. The standard InChI is InChI=1S/C54H63N3/c1-6-16-38-20-14-21-39(17-7-2)53(38)55-42-30-27-37(28-31-42)52(46-32-34-50(45-24-12-11-23-44(45)46)56-49-26-13-10-19-36(49)5)41-29-33-51-48(35-41)43(9-4)47-25-15-22-40(18-8-3)54(47)57-51/h11-12,14-15,20-25,27-36,43,49,52,55-57H,6-10,13,16-19,26H2,1-5H3. The van der Waals surface area contributed by atoms with Crippen molar-refractivity contribution in [2.24, 2.45) is 5.92 Å². The zero-order valence-electron chi connectivity index (χ0n) is 35.1. The van der Waals surface area contributed by atoms with Gasteiger partial charge < -0.3 is 16.0 Å². The van der Waals surface area contributed by atoms with Crippen molar-refractivity contribution >= 4 is 39.2 Å². The Hall–Kier alpha value is -5.02. The molecule has 1 fully saturated rings. The lowest BCUT2D eigenvalue weighted by molar-refractivity contribution is 0.350. The minimum Gasteiger partial charge on any atom is -0.382 e. The SMILES string of the molecule is CCCc1cccc(CCC)c1Nc1ccc(C(c2ccc3c(c2)C(CC)c2cccc(CCC)c2N3)c2ccc(NC3CCCCC3C)c3ccccc23)cc1. The molecule has 0 aromatic heterocycles. The van der Waals surface area contributed by atoms with E-state index in [1.807, 2.05) is 0 Å². The van der Waals surface area contributed by atoms with Crippen LogP contribution in [0.1, 0.15) is 142 Å². The minimum atomic E-state index is 0.0604. The molecule has 4 atom stereocenters. The van der Waals surface area contributed by atoms with Crippen LogP contribution in [0.2, 0.25) is 0 Å². The number of fused-ring (bicyclic) bond motifs is 3. The van der Waals surface area contributed by atoms with E-state index in [1.165, 1.54) is 104 Å². The quantitative estimate of drug-likeness (QED) is 0.0970. The van der Waals surface area contributed by atoms with E-state index in [0.717, 1.165) is 50.6 Å². The van der Waals surface area contributed by atoms with Crippen LogP contribution >= 0.6 is 0 Å². The summed E-state index contributed by atoms with van der Waals surface area (Å²) in [4.78, 5) is 0. The van der Waals surface area contributed by atoms with Gasteiger partial charge in [0.2, 0.25) is 0 Å². The number of para-hydroxylation sites is 2. The van der Waals surface area contributed by atoms with Crippen LogP contribution in [0.5, 0.6) is 0 Å². The van der Waals surface area contributed by atoms with E-state index in [-0.39, 0.29) is 5.92 Å². The van der Waals surface area contributed by atoms with Crippen LogP contribution in [0.15, 0.2) is 115 Å². The maximum atomic E-state index is 4.04. The fourth-order valence-electron chi connectivity index (χ4n) is 10.1. The van der Waals surface area contributed by atoms with Crippen molar-refractivity contribution < 1.29 is 0 Å². The first-order chi connectivity index (χ1) is 28.0. The first kappa shape index (κ1) is 38.8. The van der Waals surface area contributed by atoms with Gasteiger partial charge in [-0.1, -0.05) is 158 Å². The third-order valence-electron chi connectivity index (χ3n) is 13.0. The molecule has 1 saturated carbocycles. The third-order valence-corrected chi connectivity index (χ3v) is 13.0. The molecule has 1 aliphatic carbocycles. The van der Waals surface area contributed by atoms with Gasteiger partial charge in [-0.25, -0.2) is 0 Å². The average Bonchev–Trinajstić information content (AvgIpc) is 3.24. The van der Waals surface area contributed by atoms with Crippen molar-refractivity contribution in [2.45, 2.75) is 123 Å². The summed E-state index contributed by atoms with van der Waals surface area (Å²) in [5, 5.41) is 14.5. The number of rotatable bonds is 14. The van der Waals surface area contributed by atoms with Crippen LogP contribution in [-0.2, 0) is 19.3 Å². The van der Waals surface area contributed by atoms with E-state index < -0.39 is 0 Å². The Balaban J connectivity index is 1.23. The maximum Gasteiger partial charge on any atom is 0.0455 e. The molecule has 3 nitrogen and oxygen atoms in total. The van der Waals surface area contributed by atoms with Gasteiger partial charge in [-0.2, -0.15) is 0 Å². The fraction of sp³-hybridized carbons (Fsp3) is 0.370. The molecule has 0 bridgehead atoms. The molecule has 0 saturated heterocycles. The smallest absolute Gasteiger partial charge is 0.0455 e. The second kappa shape index (κ2) is 17.6. The topological polar surface area (TPSA) is 36.1 Å². The lowest BCUT2D eigenvalue weighted by Crippen LogP contribution is -2.30. The summed E-state index contributed by atoms with van der Waals surface area (Å²) in [6.45, 7) is 11.6. The van der Waals surface area contributed by atoms with Gasteiger partial charge in [0, 0.05) is 51.7 Å². The summed E-state index contributed by atoms with van der Waals surface area (Å²) < 4.78 is 0. The number of nitrogens with one attached hydrogen (secondary N) is 3. The first-order valence-corrected chi connectivity index (χ1v) is 22.3. The van der Waals surface area contributed by atoms with Crippen LogP contribution in [0.25, 0.3) is 10.8 Å². The van der Waals surface area contributed by atoms with E-state index in [4.69, 9.17) is 0 Å². The minimum absolute atomic E-state index is 0.0604. The van der Waals surface area contributed by atoms with Crippen LogP contribution < -0.4 is 16.0 Å². The number of benzene rings is 6. The van der Waals surface area contributed by atoms with Crippen LogP contribution in [0, 0.1) is 5.92 Å². The molecule has 6 aromatic rings. The lowest BCUT2D eigenvalue weighted by Gasteiger charge is -2.32. The zero-order valence-corrected chi connectivity index (χ0v) is 35.1. The van der Waals surface area contributed by atoms with E-state index in [2.05, 4.69) is 166 Å². The Kier molecular flexibility index (Phi) is 12.0. The summed E-state index contributed by atoms with van der Waals surface area (Å²) in [5.74, 6) is 1.09. The van der Waals surface area contributed by atoms with Crippen LogP contribution in [0.3, 0.4) is 0 Å². The average molecular weight is 754 g/mol. The van der Waals surface area contributed by atoms with Gasteiger partial charge in [0.25, 0.3) is 0 Å². The summed E-state index contributed by atoms with van der Waals surface area (Å²) in [6, 6.07) is 44.8. The molecule has 3 heteroatoms. The third kappa shape index (κ3) is 7.96. The van der Waals surface area contributed by atoms with E-state index >= 15 is 0 Å². The molecule has 0 radical (unpaired) electrons. The molecule has 1 heterocycles. The Morgan fingerprint density at radius 1 is 0.632 bits per heavy atom. The number of hydrogen-bond acceptors (Lipinski definition) is 3. The predicted octanol–water partition coefficient (Wildman–Crippen LogP) is 15.2. The van der Waals surface area contributed by atoms with Crippen molar-refractivity contribution in [1.29, 1.82) is 0 Å². The van der Waals surface area contributed by atoms with Gasteiger partial charge in [0.1, 0.15) is 0 Å². The molecule has 4 unspecified atom stereocenters. The Morgan fingerprint density at radius 3 is 2.02 bits per heavy atom. The van der Waals surface area contributed by atoms with Gasteiger partial charge in [0.15, 0.2) is 0 Å². The number of hydrogen-bond donors (Lipinski definition) is 3. The number of aryl methyl sites for hydroxylation is 3. The van der Waals surface area contributed by atoms with Crippen molar-refractivity contribution in [1.82, 2.24) is 0 Å². The molecule has 3 N–H and O–H groups in total. The van der Waals surface area contributed by atoms with Crippen LogP contribution in [-0.4, -0.2) is 6.04 Å². The molecule has 2 aliphatic rings. The molecule has 8 rings (SSSR count). The molecule has 6 aromatic carbocycles. The van der Waals surface area contributed by atoms with Crippen molar-refractivity contribution in [2.75, 3.05) is 16.0 Å². The monoisotopic (exact) mass is 754 g/mol. The Labute approximate surface area is 342 Å². The van der Waals surface area contributed by atoms with E-state index in [9.17, 15) is 0 Å². The van der Waals surface area contributed by atoms with Crippen molar-refractivity contribution in [3.05, 3.63) is 160 Å². The zero-order chi connectivity index (χ0) is 39.3. The highest BCUT2D eigenvalue weighted by atomic mass is 14.9. The number of anilines is 5. The predicted molar refractivity (Wildman–Crippen MR) is 246 cm³/mol. The second-order valence-electron chi connectivity index (χ2n) is 17.0. The van der Waals surface area contributed by atoms with Gasteiger partial charge in [-0.05, 0) is 119 Å². The molecule has 57 heavy (non-hydrogen) atoms. The highest BCUT2D eigenvalue weighted by molar-refractivity contribution is 5.97. The molecular formula is C54H63N3. The van der Waals surface area contributed by atoms with Gasteiger partial charge in [0.05, 0.1) is 0 Å². The summed E-state index contributed by atoms with van der Waals surface area (Å²) in [5.41, 5.74) is 17.4. The highest BCUT2D eigenvalue weighted by Gasteiger charge is 2.29. The van der Waals surface area contributed by atoms with Gasteiger partial charge >= 0.3 is 0 Å². The molecule has 294 valence electrons. The van der Waals surface area contributed by atoms with Crippen molar-refractivity contribution in [3.8, 4) is 0 Å². The second-order valence-corrected chi connectivity index (χ2v) is 17.0. The fourth-order valence-corrected chi connectivity index (χ4v) is 10.1. The molecule has 0 spiro atoms. The maximum absolute atomic E-state index is 4.04. The van der Waals surface area contributed by atoms with Gasteiger partial charge in [-0.3, -0.25) is 0 Å². The van der Waals surface area contributed by atoms with Crippen molar-refractivity contribution in [3.63, 3.8) is 0 Å². The largest absolute Gasteiger partial charge is 0.382 e. The van der Waals surface area contributed by atoms with E-state index in [0.29, 0.717) is 17.9 Å². The Bertz CT molecular complexity index is 2280. The first-order valence-electron chi connectivity index (χ1n) is 22.3. The van der Waals surface area contributed by atoms with E-state index in [1.54, 1.807) is 0 Å².